The predicted octanol–water partition coefficient (Wildman–Crippen LogP) is 4.24. The van der Waals surface area contributed by atoms with E-state index in [4.69, 9.17) is 4.74 Å². The molecule has 0 saturated carbocycles. The van der Waals surface area contributed by atoms with Gasteiger partial charge < -0.3 is 14.5 Å². The Morgan fingerprint density at radius 2 is 1.96 bits per heavy atom. The number of amides is 1. The summed E-state index contributed by atoms with van der Waals surface area (Å²) in [5, 5.41) is 11.6. The molecule has 28 heavy (non-hydrogen) atoms. The first-order chi connectivity index (χ1) is 13.4. The molecule has 1 amide bonds. The normalized spacial score (nSPS) is 13.5. The SMILES string of the molecule is COc1ccc(Br)cc1CN(C)C(=O)c1ccc(N2CCCC2)c([N+](=O)[O-])c1. The van der Waals surface area contributed by atoms with Crippen molar-refractivity contribution in [3.05, 3.63) is 62.1 Å². The Balaban J connectivity index is 1.84. The first-order valence-electron chi connectivity index (χ1n) is 9.02. The molecule has 2 aromatic rings. The van der Waals surface area contributed by atoms with E-state index >= 15 is 0 Å². The topological polar surface area (TPSA) is 75.9 Å². The van der Waals surface area contributed by atoms with E-state index in [1.54, 1.807) is 26.3 Å². The van der Waals surface area contributed by atoms with E-state index in [0.29, 0.717) is 23.5 Å². The maximum absolute atomic E-state index is 12.9. The molecule has 148 valence electrons. The second-order valence-corrected chi connectivity index (χ2v) is 7.69. The standard InChI is InChI=1S/C20H22BrN3O4/c1-22(13-15-11-16(21)6-8-19(15)28-2)20(25)14-5-7-17(18(12-14)24(26)27)23-9-3-4-10-23/h5-8,11-12H,3-4,9-10,13H2,1-2H3. The van der Waals surface area contributed by atoms with Gasteiger partial charge in [-0.2, -0.15) is 0 Å². The van der Waals surface area contributed by atoms with Gasteiger partial charge in [0.05, 0.1) is 12.0 Å². The van der Waals surface area contributed by atoms with Crippen LogP contribution in [-0.4, -0.2) is 43.0 Å². The van der Waals surface area contributed by atoms with Crippen molar-refractivity contribution in [2.24, 2.45) is 0 Å². The van der Waals surface area contributed by atoms with Gasteiger partial charge in [0.25, 0.3) is 11.6 Å². The van der Waals surface area contributed by atoms with Gasteiger partial charge in [-0.15, -0.1) is 0 Å². The minimum absolute atomic E-state index is 0.0267. The molecule has 8 heteroatoms. The molecule has 1 aliphatic heterocycles. The summed E-state index contributed by atoms with van der Waals surface area (Å²) in [5.74, 6) is 0.399. The van der Waals surface area contributed by atoms with Crippen LogP contribution in [0.4, 0.5) is 11.4 Å². The van der Waals surface area contributed by atoms with Gasteiger partial charge in [0.1, 0.15) is 11.4 Å². The lowest BCUT2D eigenvalue weighted by molar-refractivity contribution is -0.384. The zero-order valence-electron chi connectivity index (χ0n) is 15.9. The molecule has 0 aromatic heterocycles. The number of benzene rings is 2. The number of hydrogen-bond acceptors (Lipinski definition) is 5. The Morgan fingerprint density at radius 1 is 1.25 bits per heavy atom. The number of rotatable bonds is 6. The largest absolute Gasteiger partial charge is 0.496 e. The van der Waals surface area contributed by atoms with Crippen LogP contribution >= 0.6 is 15.9 Å². The van der Waals surface area contributed by atoms with Crippen molar-refractivity contribution in [2.75, 3.05) is 32.1 Å². The van der Waals surface area contributed by atoms with Gasteiger partial charge in [-0.3, -0.25) is 14.9 Å². The molecule has 0 spiro atoms. The molecule has 0 radical (unpaired) electrons. The Hall–Kier alpha value is -2.61. The fraction of sp³-hybridized carbons (Fsp3) is 0.350. The summed E-state index contributed by atoms with van der Waals surface area (Å²) in [4.78, 5) is 27.6. The van der Waals surface area contributed by atoms with E-state index in [2.05, 4.69) is 15.9 Å². The molecule has 1 heterocycles. The maximum atomic E-state index is 12.9. The fourth-order valence-electron chi connectivity index (χ4n) is 3.45. The monoisotopic (exact) mass is 447 g/mol. The molecule has 2 aromatic carbocycles. The fourth-order valence-corrected chi connectivity index (χ4v) is 3.86. The minimum Gasteiger partial charge on any atom is -0.496 e. The summed E-state index contributed by atoms with van der Waals surface area (Å²) in [6.45, 7) is 1.93. The van der Waals surface area contributed by atoms with E-state index in [-0.39, 0.29) is 11.6 Å². The molecule has 1 fully saturated rings. The molecular weight excluding hydrogens is 426 g/mol. The lowest BCUT2D eigenvalue weighted by atomic mass is 10.1. The second kappa shape index (κ2) is 8.60. The van der Waals surface area contributed by atoms with Crippen molar-refractivity contribution in [2.45, 2.75) is 19.4 Å². The van der Waals surface area contributed by atoms with E-state index in [1.807, 2.05) is 23.1 Å². The smallest absolute Gasteiger partial charge is 0.293 e. The molecule has 0 aliphatic carbocycles. The summed E-state index contributed by atoms with van der Waals surface area (Å²) >= 11 is 3.42. The van der Waals surface area contributed by atoms with Crippen LogP contribution in [0.3, 0.4) is 0 Å². The first-order valence-corrected chi connectivity index (χ1v) is 9.81. The molecular formula is C20H22BrN3O4. The van der Waals surface area contributed by atoms with Crippen LogP contribution in [0.15, 0.2) is 40.9 Å². The van der Waals surface area contributed by atoms with Gasteiger partial charge in [0, 0.05) is 48.3 Å². The zero-order valence-corrected chi connectivity index (χ0v) is 17.4. The highest BCUT2D eigenvalue weighted by Crippen LogP contribution is 2.32. The van der Waals surface area contributed by atoms with E-state index < -0.39 is 4.92 Å². The van der Waals surface area contributed by atoms with Crippen LogP contribution < -0.4 is 9.64 Å². The lowest BCUT2D eigenvalue weighted by Gasteiger charge is -2.21. The van der Waals surface area contributed by atoms with Gasteiger partial charge in [-0.1, -0.05) is 15.9 Å². The number of ether oxygens (including phenoxy) is 1. The number of nitro benzene ring substituents is 1. The van der Waals surface area contributed by atoms with Crippen LogP contribution in [-0.2, 0) is 6.54 Å². The number of halogens is 1. The van der Waals surface area contributed by atoms with Gasteiger partial charge in [-0.05, 0) is 43.2 Å². The highest BCUT2D eigenvalue weighted by Gasteiger charge is 2.25. The third-order valence-electron chi connectivity index (χ3n) is 4.86. The third-order valence-corrected chi connectivity index (χ3v) is 5.36. The van der Waals surface area contributed by atoms with Crippen molar-refractivity contribution in [1.29, 1.82) is 0 Å². The predicted molar refractivity (Wildman–Crippen MR) is 111 cm³/mol. The van der Waals surface area contributed by atoms with Crippen molar-refractivity contribution in [1.82, 2.24) is 4.90 Å². The average Bonchev–Trinajstić information content (AvgIpc) is 3.21. The summed E-state index contributed by atoms with van der Waals surface area (Å²) in [6.07, 6.45) is 2.05. The van der Waals surface area contributed by atoms with Crippen molar-refractivity contribution < 1.29 is 14.5 Å². The van der Waals surface area contributed by atoms with Gasteiger partial charge in [-0.25, -0.2) is 0 Å². The Morgan fingerprint density at radius 3 is 2.61 bits per heavy atom. The number of nitro groups is 1. The first kappa shape index (κ1) is 20.1. The van der Waals surface area contributed by atoms with Crippen LogP contribution in [0, 0.1) is 10.1 Å². The summed E-state index contributed by atoms with van der Waals surface area (Å²) in [7, 11) is 3.25. The van der Waals surface area contributed by atoms with Gasteiger partial charge >= 0.3 is 0 Å². The molecule has 1 saturated heterocycles. The van der Waals surface area contributed by atoms with Crippen LogP contribution in [0.25, 0.3) is 0 Å². The number of nitrogens with zero attached hydrogens (tertiary/aromatic N) is 3. The molecule has 1 aliphatic rings. The number of hydrogen-bond donors (Lipinski definition) is 0. The average molecular weight is 448 g/mol. The molecule has 0 bridgehead atoms. The van der Waals surface area contributed by atoms with Gasteiger partial charge in [0.15, 0.2) is 0 Å². The quantitative estimate of drug-likeness (QED) is 0.488. The molecule has 0 unspecified atom stereocenters. The number of anilines is 1. The van der Waals surface area contributed by atoms with E-state index in [1.165, 1.54) is 11.0 Å². The zero-order chi connectivity index (χ0) is 20.3. The number of carbonyl (C=O) groups excluding carboxylic acids is 1. The molecule has 7 nitrogen and oxygen atoms in total. The van der Waals surface area contributed by atoms with Gasteiger partial charge in [0.2, 0.25) is 0 Å². The van der Waals surface area contributed by atoms with Crippen LogP contribution in [0.5, 0.6) is 5.75 Å². The van der Waals surface area contributed by atoms with Crippen LogP contribution in [0.1, 0.15) is 28.8 Å². The van der Waals surface area contributed by atoms with Crippen molar-refractivity contribution in [3.63, 3.8) is 0 Å². The Labute approximate surface area is 172 Å². The lowest BCUT2D eigenvalue weighted by Crippen LogP contribution is -2.27. The summed E-state index contributed by atoms with van der Waals surface area (Å²) < 4.78 is 6.24. The van der Waals surface area contributed by atoms with E-state index in [9.17, 15) is 14.9 Å². The molecule has 3 rings (SSSR count). The minimum atomic E-state index is -0.415. The Bertz CT molecular complexity index is 897. The van der Waals surface area contributed by atoms with E-state index in [0.717, 1.165) is 36.0 Å². The van der Waals surface area contributed by atoms with Crippen molar-refractivity contribution >= 4 is 33.2 Å². The number of carbonyl (C=O) groups is 1. The Kier molecular flexibility index (Phi) is 6.18. The summed E-state index contributed by atoms with van der Waals surface area (Å²) in [5.41, 5.74) is 1.69. The highest BCUT2D eigenvalue weighted by molar-refractivity contribution is 9.10. The van der Waals surface area contributed by atoms with Crippen LogP contribution in [0.2, 0.25) is 0 Å². The van der Waals surface area contributed by atoms with Crippen molar-refractivity contribution in [3.8, 4) is 5.75 Å². The maximum Gasteiger partial charge on any atom is 0.293 e. The second-order valence-electron chi connectivity index (χ2n) is 6.77. The third kappa shape index (κ3) is 4.27. The molecule has 0 N–H and O–H groups in total. The number of methoxy groups -OCH3 is 1. The summed E-state index contributed by atoms with van der Waals surface area (Å²) in [6, 6.07) is 10.3. The molecule has 0 atom stereocenters. The highest BCUT2D eigenvalue weighted by atomic mass is 79.9.